The Labute approximate surface area is 200 Å². The highest BCUT2D eigenvalue weighted by atomic mass is 35.5. The molecule has 1 saturated carbocycles. The monoisotopic (exact) mass is 490 g/mol. The number of carbonyl (C=O) groups excluding carboxylic acids is 2. The summed E-state index contributed by atoms with van der Waals surface area (Å²) in [5, 5.41) is 25.8. The zero-order chi connectivity index (χ0) is 24.7. The third kappa shape index (κ3) is 3.83. The average molecular weight is 491 g/mol. The number of esters is 1. The molecule has 3 atom stereocenters. The number of hydrogen-bond acceptors (Lipinski definition) is 6. The maximum atomic E-state index is 14.3. The number of rotatable bonds is 7. The zero-order valence-corrected chi connectivity index (χ0v) is 19.1. The van der Waals surface area contributed by atoms with Crippen molar-refractivity contribution in [3.63, 3.8) is 0 Å². The fourth-order valence-electron chi connectivity index (χ4n) is 5.15. The summed E-state index contributed by atoms with van der Waals surface area (Å²) in [5.41, 5.74) is -1.99. The Morgan fingerprint density at radius 3 is 2.50 bits per heavy atom. The minimum Gasteiger partial charge on any atom is -0.481 e. The van der Waals surface area contributed by atoms with Gasteiger partial charge in [0.25, 0.3) is 0 Å². The number of halogens is 2. The van der Waals surface area contributed by atoms with Crippen molar-refractivity contribution in [1.29, 1.82) is 0 Å². The van der Waals surface area contributed by atoms with Crippen molar-refractivity contribution in [2.45, 2.75) is 37.4 Å². The van der Waals surface area contributed by atoms with Crippen molar-refractivity contribution in [2.24, 2.45) is 5.41 Å². The second kappa shape index (κ2) is 8.65. The van der Waals surface area contributed by atoms with Gasteiger partial charge in [0.2, 0.25) is 0 Å². The summed E-state index contributed by atoms with van der Waals surface area (Å²) in [6.07, 6.45) is 0.0180. The van der Waals surface area contributed by atoms with Gasteiger partial charge in [-0.25, -0.2) is 9.18 Å². The number of amides is 1. The second-order valence-electron chi connectivity index (χ2n) is 8.72. The number of carboxylic acids is 1. The molecule has 1 unspecified atom stereocenters. The summed E-state index contributed by atoms with van der Waals surface area (Å²) in [6.45, 7) is 1.24. The maximum absolute atomic E-state index is 14.3. The van der Waals surface area contributed by atoms with E-state index in [0.717, 1.165) is 0 Å². The Kier molecular flexibility index (Phi) is 6.14. The average Bonchev–Trinajstić information content (AvgIpc) is 3.31. The molecule has 4 N–H and O–H groups in total. The summed E-state index contributed by atoms with van der Waals surface area (Å²) in [7, 11) is 0. The van der Waals surface area contributed by atoms with Gasteiger partial charge < -0.3 is 20.3 Å². The highest BCUT2D eigenvalue weighted by molar-refractivity contribution is 6.32. The highest BCUT2D eigenvalue weighted by Crippen LogP contribution is 2.65. The molecule has 4 rings (SSSR count). The van der Waals surface area contributed by atoms with Crippen LogP contribution < -0.4 is 10.6 Å². The van der Waals surface area contributed by atoms with E-state index in [-0.39, 0.29) is 32.5 Å². The molecule has 1 aliphatic heterocycles. The van der Waals surface area contributed by atoms with E-state index >= 15 is 0 Å². The number of piperidine rings is 1. The summed E-state index contributed by atoms with van der Waals surface area (Å²) >= 11 is 6.01. The van der Waals surface area contributed by atoms with E-state index in [1.54, 1.807) is 31.2 Å². The number of aliphatic hydroxyl groups excluding tert-OH is 1. The van der Waals surface area contributed by atoms with Crippen LogP contribution >= 0.6 is 11.6 Å². The van der Waals surface area contributed by atoms with Crippen LogP contribution in [0.25, 0.3) is 11.1 Å². The molecule has 180 valence electrons. The SMILES string of the molecule is CCOC(=O)C(=O)N[C@@]12C[C@@](CCO)(C(=O)O)CC1(c1ccc(-c3cc(Cl)ccc3F)cc1)N2. The van der Waals surface area contributed by atoms with Gasteiger partial charge in [0, 0.05) is 23.6 Å². The number of fused-ring (bicyclic) bond motifs is 1. The Morgan fingerprint density at radius 2 is 1.88 bits per heavy atom. The number of nitrogens with one attached hydrogen (secondary N) is 2. The summed E-state index contributed by atoms with van der Waals surface area (Å²) in [5.74, 6) is -3.60. The molecule has 1 aliphatic carbocycles. The largest absolute Gasteiger partial charge is 0.481 e. The normalized spacial score (nSPS) is 27.1. The predicted molar refractivity (Wildman–Crippen MR) is 120 cm³/mol. The van der Waals surface area contributed by atoms with Gasteiger partial charge in [-0.05, 0) is 49.1 Å². The fourth-order valence-corrected chi connectivity index (χ4v) is 5.32. The Bertz CT molecular complexity index is 1160. The first-order valence-corrected chi connectivity index (χ1v) is 11.2. The number of carboxylic acid groups (broad SMARTS) is 1. The van der Waals surface area contributed by atoms with Gasteiger partial charge in [-0.15, -0.1) is 0 Å². The number of aliphatic carboxylic acids is 1. The molecule has 0 radical (unpaired) electrons. The van der Waals surface area contributed by atoms with Crippen molar-refractivity contribution in [2.75, 3.05) is 13.2 Å². The van der Waals surface area contributed by atoms with Crippen molar-refractivity contribution < 1.29 is 33.7 Å². The van der Waals surface area contributed by atoms with Crippen LogP contribution in [0.4, 0.5) is 4.39 Å². The van der Waals surface area contributed by atoms with Gasteiger partial charge in [0.15, 0.2) is 0 Å². The van der Waals surface area contributed by atoms with Crippen LogP contribution in [0.3, 0.4) is 0 Å². The van der Waals surface area contributed by atoms with Crippen molar-refractivity contribution in [1.82, 2.24) is 10.6 Å². The summed E-state index contributed by atoms with van der Waals surface area (Å²) in [4.78, 5) is 36.6. The number of carbonyl (C=O) groups is 3. The molecule has 0 bridgehead atoms. The van der Waals surface area contributed by atoms with E-state index in [1.807, 2.05) is 0 Å². The maximum Gasteiger partial charge on any atom is 0.396 e. The molecule has 2 fully saturated rings. The van der Waals surface area contributed by atoms with E-state index < -0.39 is 40.3 Å². The van der Waals surface area contributed by atoms with E-state index in [4.69, 9.17) is 16.3 Å². The lowest BCUT2D eigenvalue weighted by molar-refractivity contribution is -0.155. The van der Waals surface area contributed by atoms with Crippen molar-refractivity contribution >= 4 is 29.4 Å². The quantitative estimate of drug-likeness (QED) is 0.266. The van der Waals surface area contributed by atoms with Gasteiger partial charge >= 0.3 is 17.8 Å². The van der Waals surface area contributed by atoms with Gasteiger partial charge in [0.1, 0.15) is 11.5 Å². The smallest absolute Gasteiger partial charge is 0.396 e. The topological polar surface area (TPSA) is 135 Å². The van der Waals surface area contributed by atoms with Gasteiger partial charge in [-0.2, -0.15) is 0 Å². The van der Waals surface area contributed by atoms with Crippen molar-refractivity contribution in [3.8, 4) is 11.1 Å². The molecule has 2 aromatic carbocycles. The van der Waals surface area contributed by atoms with Gasteiger partial charge in [0.05, 0.1) is 17.6 Å². The molecular formula is C24H24ClFN2O6. The Balaban J connectivity index is 1.70. The molecule has 2 aromatic rings. The molecule has 34 heavy (non-hydrogen) atoms. The third-order valence-corrected chi connectivity index (χ3v) is 6.98. The molecule has 0 spiro atoms. The lowest BCUT2D eigenvalue weighted by Crippen LogP contribution is -2.47. The van der Waals surface area contributed by atoms with Crippen LogP contribution in [0.5, 0.6) is 0 Å². The van der Waals surface area contributed by atoms with Crippen LogP contribution in [-0.4, -0.2) is 46.9 Å². The predicted octanol–water partition coefficient (Wildman–Crippen LogP) is 2.57. The summed E-state index contributed by atoms with van der Waals surface area (Å²) in [6, 6.07) is 11.0. The first-order chi connectivity index (χ1) is 16.1. The van der Waals surface area contributed by atoms with E-state index in [0.29, 0.717) is 21.7 Å². The van der Waals surface area contributed by atoms with Crippen LogP contribution in [-0.2, 0) is 24.7 Å². The summed E-state index contributed by atoms with van der Waals surface area (Å²) < 4.78 is 19.1. The third-order valence-electron chi connectivity index (χ3n) is 6.75. The van der Waals surface area contributed by atoms with Crippen LogP contribution in [0.2, 0.25) is 5.02 Å². The van der Waals surface area contributed by atoms with Gasteiger partial charge in [-0.1, -0.05) is 35.9 Å². The highest BCUT2D eigenvalue weighted by Gasteiger charge is 2.78. The van der Waals surface area contributed by atoms with Crippen LogP contribution in [0, 0.1) is 11.2 Å². The van der Waals surface area contributed by atoms with E-state index in [1.165, 1.54) is 18.2 Å². The van der Waals surface area contributed by atoms with E-state index in [9.17, 15) is 29.0 Å². The van der Waals surface area contributed by atoms with Crippen LogP contribution in [0.15, 0.2) is 42.5 Å². The Hall–Kier alpha value is -3.01. The second-order valence-corrected chi connectivity index (χ2v) is 9.16. The molecule has 1 saturated heterocycles. The lowest BCUT2D eigenvalue weighted by atomic mass is 9.79. The standard InChI is InChI=1S/C24H24ClFN2O6/c1-2-34-20(31)19(30)27-24-13-22(9-10-29,21(32)33)12-23(24,28-24)15-5-3-14(4-6-15)17-11-16(25)7-8-18(17)26/h3-8,11,28-29H,2,9-10,12-13H2,1H3,(H,27,30)(H,32,33)/t22-,23?,24+/m0/s1. The molecule has 8 nitrogen and oxygen atoms in total. The molecule has 10 heteroatoms. The first kappa shape index (κ1) is 24.1. The molecule has 1 heterocycles. The number of hydrogen-bond donors (Lipinski definition) is 4. The minimum atomic E-state index is -1.32. The molecular weight excluding hydrogens is 467 g/mol. The van der Waals surface area contributed by atoms with Crippen molar-refractivity contribution in [3.05, 3.63) is 58.9 Å². The first-order valence-electron chi connectivity index (χ1n) is 10.8. The fraction of sp³-hybridized carbons (Fsp3) is 0.375. The van der Waals surface area contributed by atoms with E-state index in [2.05, 4.69) is 10.6 Å². The van der Waals surface area contributed by atoms with Crippen LogP contribution in [0.1, 0.15) is 31.7 Å². The zero-order valence-electron chi connectivity index (χ0n) is 18.4. The lowest BCUT2D eigenvalue weighted by Gasteiger charge is -2.27. The number of aliphatic hydroxyl groups is 1. The Morgan fingerprint density at radius 1 is 1.18 bits per heavy atom. The number of benzene rings is 2. The number of ether oxygens (including phenoxy) is 1. The minimum absolute atomic E-state index is 0.0168. The van der Waals surface area contributed by atoms with Gasteiger partial charge in [-0.3, -0.25) is 14.9 Å². The molecule has 1 amide bonds. The molecule has 0 aromatic heterocycles. The molecule has 2 aliphatic rings.